The van der Waals surface area contributed by atoms with Crippen LogP contribution >= 0.6 is 11.3 Å². The highest BCUT2D eigenvalue weighted by molar-refractivity contribution is 7.14. The van der Waals surface area contributed by atoms with E-state index in [1.54, 1.807) is 11.3 Å². The fourth-order valence-corrected chi connectivity index (χ4v) is 4.42. The maximum Gasteiger partial charge on any atom is 0.263 e. The van der Waals surface area contributed by atoms with Crippen LogP contribution in [0.25, 0.3) is 0 Å². The molecule has 0 radical (unpaired) electrons. The summed E-state index contributed by atoms with van der Waals surface area (Å²) in [5.74, 6) is 0.727. The molecule has 1 unspecified atom stereocenters. The van der Waals surface area contributed by atoms with Gasteiger partial charge in [-0.2, -0.15) is 0 Å². The molecule has 3 rings (SSSR count). The summed E-state index contributed by atoms with van der Waals surface area (Å²) in [6.45, 7) is 2.44. The molecule has 0 spiro atoms. The van der Waals surface area contributed by atoms with Gasteiger partial charge < -0.3 is 10.6 Å². The lowest BCUT2D eigenvalue weighted by molar-refractivity contribution is 0.0683. The number of nitrogens with zero attached hydrogens (tertiary/aromatic N) is 1. The van der Waals surface area contributed by atoms with Crippen LogP contribution in [0.4, 0.5) is 0 Å². The number of piperidine rings is 1. The van der Waals surface area contributed by atoms with Gasteiger partial charge in [0.15, 0.2) is 0 Å². The molecule has 1 atom stereocenters. The predicted octanol–water partition coefficient (Wildman–Crippen LogP) is 2.44. The molecule has 2 aliphatic rings. The summed E-state index contributed by atoms with van der Waals surface area (Å²) < 4.78 is 0. The zero-order valence-corrected chi connectivity index (χ0v) is 12.2. The Morgan fingerprint density at radius 2 is 2.21 bits per heavy atom. The van der Waals surface area contributed by atoms with Crippen LogP contribution in [0, 0.1) is 5.92 Å². The number of hydrogen-bond acceptors (Lipinski definition) is 3. The molecule has 1 aromatic rings. The van der Waals surface area contributed by atoms with Crippen LogP contribution in [-0.4, -0.2) is 30.4 Å². The van der Waals surface area contributed by atoms with Gasteiger partial charge in [-0.1, -0.05) is 0 Å². The summed E-state index contributed by atoms with van der Waals surface area (Å²) in [5, 5.41) is 0. The highest BCUT2D eigenvalue weighted by atomic mass is 32.1. The zero-order chi connectivity index (χ0) is 13.2. The fraction of sp³-hybridized carbons (Fsp3) is 0.667. The van der Waals surface area contributed by atoms with Crippen LogP contribution in [0.1, 0.15) is 45.8 Å². The number of hydrogen-bond donors (Lipinski definition) is 1. The van der Waals surface area contributed by atoms with Crippen molar-refractivity contribution in [3.63, 3.8) is 0 Å². The van der Waals surface area contributed by atoms with E-state index in [0.717, 1.165) is 30.8 Å². The third-order valence-electron chi connectivity index (χ3n) is 4.35. The van der Waals surface area contributed by atoms with Gasteiger partial charge in [0, 0.05) is 18.0 Å². The highest BCUT2D eigenvalue weighted by Crippen LogP contribution is 2.31. The maximum atomic E-state index is 12.6. The van der Waals surface area contributed by atoms with Crippen molar-refractivity contribution >= 4 is 17.2 Å². The minimum atomic E-state index is 0.234. The van der Waals surface area contributed by atoms with E-state index in [9.17, 15) is 4.79 Å². The normalized spacial score (nSPS) is 23.2. The number of likely N-dealkylation sites (tertiary alicyclic amines) is 1. The summed E-state index contributed by atoms with van der Waals surface area (Å²) in [5.41, 5.74) is 7.17. The first-order valence-corrected chi connectivity index (χ1v) is 8.20. The van der Waals surface area contributed by atoms with Crippen LogP contribution in [0.15, 0.2) is 6.07 Å². The van der Waals surface area contributed by atoms with Gasteiger partial charge in [-0.3, -0.25) is 4.79 Å². The summed E-state index contributed by atoms with van der Waals surface area (Å²) in [4.78, 5) is 17.0. The summed E-state index contributed by atoms with van der Waals surface area (Å²) >= 11 is 1.72. The Kier molecular flexibility index (Phi) is 3.89. The van der Waals surface area contributed by atoms with Gasteiger partial charge in [-0.05, 0) is 62.6 Å². The first kappa shape index (κ1) is 13.1. The Hall–Kier alpha value is -0.870. The molecule has 1 saturated heterocycles. The molecule has 1 aliphatic carbocycles. The van der Waals surface area contributed by atoms with E-state index in [4.69, 9.17) is 5.73 Å². The van der Waals surface area contributed by atoms with Crippen LogP contribution < -0.4 is 5.73 Å². The minimum absolute atomic E-state index is 0.234. The van der Waals surface area contributed by atoms with Crippen molar-refractivity contribution in [2.45, 2.75) is 38.5 Å². The summed E-state index contributed by atoms with van der Waals surface area (Å²) in [7, 11) is 0. The van der Waals surface area contributed by atoms with E-state index in [2.05, 4.69) is 6.07 Å². The second kappa shape index (κ2) is 5.63. The average Bonchev–Trinajstić information content (AvgIpc) is 2.90. The van der Waals surface area contributed by atoms with Crippen molar-refractivity contribution < 1.29 is 4.79 Å². The van der Waals surface area contributed by atoms with E-state index in [0.29, 0.717) is 12.5 Å². The number of carbonyl (C=O) groups is 1. The van der Waals surface area contributed by atoms with Crippen LogP contribution in [0.3, 0.4) is 0 Å². The molecule has 1 amide bonds. The second-order valence-electron chi connectivity index (χ2n) is 5.76. The van der Waals surface area contributed by atoms with Gasteiger partial charge in [0.05, 0.1) is 4.88 Å². The molecule has 3 nitrogen and oxygen atoms in total. The smallest absolute Gasteiger partial charge is 0.263 e. The van der Waals surface area contributed by atoms with Crippen molar-refractivity contribution in [2.24, 2.45) is 11.7 Å². The molecule has 1 aliphatic heterocycles. The van der Waals surface area contributed by atoms with Gasteiger partial charge >= 0.3 is 0 Å². The van der Waals surface area contributed by atoms with E-state index in [-0.39, 0.29) is 5.91 Å². The number of rotatable bonds is 2. The molecule has 1 fully saturated rings. The van der Waals surface area contributed by atoms with Crippen LogP contribution in [-0.2, 0) is 12.8 Å². The second-order valence-corrected chi connectivity index (χ2v) is 6.90. The highest BCUT2D eigenvalue weighted by Gasteiger charge is 2.26. The third kappa shape index (κ3) is 2.70. The largest absolute Gasteiger partial charge is 0.338 e. The lowest BCUT2D eigenvalue weighted by atomic mass is 9.97. The molecular formula is C15H22N2OS. The Morgan fingerprint density at radius 3 is 3.00 bits per heavy atom. The van der Waals surface area contributed by atoms with Gasteiger partial charge in [0.1, 0.15) is 0 Å². The Bertz CT molecular complexity index is 445. The summed E-state index contributed by atoms with van der Waals surface area (Å²) in [6.07, 6.45) is 7.14. The van der Waals surface area contributed by atoms with Crippen molar-refractivity contribution in [1.29, 1.82) is 0 Å². The lowest BCUT2D eigenvalue weighted by Gasteiger charge is -2.31. The number of carbonyl (C=O) groups excluding carboxylic acids is 1. The van der Waals surface area contributed by atoms with E-state index < -0.39 is 0 Å². The van der Waals surface area contributed by atoms with Crippen molar-refractivity contribution in [3.05, 3.63) is 21.4 Å². The molecule has 19 heavy (non-hydrogen) atoms. The van der Waals surface area contributed by atoms with Crippen molar-refractivity contribution in [1.82, 2.24) is 4.90 Å². The molecule has 2 heterocycles. The number of thiophene rings is 1. The third-order valence-corrected chi connectivity index (χ3v) is 5.57. The van der Waals surface area contributed by atoms with Crippen molar-refractivity contribution in [3.8, 4) is 0 Å². The molecule has 0 aromatic carbocycles. The van der Waals surface area contributed by atoms with E-state index in [1.807, 2.05) is 4.90 Å². The molecular weight excluding hydrogens is 256 g/mol. The van der Waals surface area contributed by atoms with Gasteiger partial charge in [0.25, 0.3) is 5.91 Å². The number of fused-ring (bicyclic) bond motifs is 1. The van der Waals surface area contributed by atoms with E-state index in [1.165, 1.54) is 36.1 Å². The average molecular weight is 278 g/mol. The molecule has 1 aromatic heterocycles. The molecule has 0 saturated carbocycles. The Labute approximate surface area is 118 Å². The first-order chi connectivity index (χ1) is 9.28. The van der Waals surface area contributed by atoms with Crippen molar-refractivity contribution in [2.75, 3.05) is 19.6 Å². The number of nitrogens with two attached hydrogens (primary N) is 1. The van der Waals surface area contributed by atoms with Gasteiger partial charge in [-0.25, -0.2) is 0 Å². The SMILES string of the molecule is NCC1CCCN(C(=O)c2cc3c(s2)CCCC3)C1. The molecule has 4 heteroatoms. The van der Waals surface area contributed by atoms with Crippen LogP contribution in [0.5, 0.6) is 0 Å². The molecule has 0 bridgehead atoms. The predicted molar refractivity (Wildman–Crippen MR) is 78.6 cm³/mol. The fourth-order valence-electron chi connectivity index (χ4n) is 3.19. The number of aryl methyl sites for hydroxylation is 2. The first-order valence-electron chi connectivity index (χ1n) is 7.39. The maximum absolute atomic E-state index is 12.6. The van der Waals surface area contributed by atoms with E-state index >= 15 is 0 Å². The Balaban J connectivity index is 1.74. The van der Waals surface area contributed by atoms with Crippen LogP contribution in [0.2, 0.25) is 0 Å². The lowest BCUT2D eigenvalue weighted by Crippen LogP contribution is -2.41. The minimum Gasteiger partial charge on any atom is -0.338 e. The number of amides is 1. The molecule has 2 N–H and O–H groups in total. The summed E-state index contributed by atoms with van der Waals surface area (Å²) in [6, 6.07) is 2.15. The monoisotopic (exact) mass is 278 g/mol. The molecule has 104 valence electrons. The quantitative estimate of drug-likeness (QED) is 0.903. The van der Waals surface area contributed by atoms with Gasteiger partial charge in [-0.15, -0.1) is 11.3 Å². The zero-order valence-electron chi connectivity index (χ0n) is 11.4. The van der Waals surface area contributed by atoms with Gasteiger partial charge in [0.2, 0.25) is 0 Å². The topological polar surface area (TPSA) is 46.3 Å². The standard InChI is InChI=1S/C15H22N2OS/c16-9-11-4-3-7-17(10-11)15(18)14-8-12-5-1-2-6-13(12)19-14/h8,11H,1-7,9-10,16H2. The Morgan fingerprint density at radius 1 is 1.37 bits per heavy atom.